The summed E-state index contributed by atoms with van der Waals surface area (Å²) in [5.41, 5.74) is 0.936. The van der Waals surface area contributed by atoms with Crippen LogP contribution in [0, 0.1) is 5.92 Å². The van der Waals surface area contributed by atoms with Gasteiger partial charge < -0.3 is 9.84 Å². The van der Waals surface area contributed by atoms with Gasteiger partial charge in [0.05, 0.1) is 6.04 Å². The van der Waals surface area contributed by atoms with Crippen molar-refractivity contribution >= 4 is 0 Å². The fraction of sp³-hybridized carbons (Fsp3) is 0.625. The molecule has 1 fully saturated rings. The maximum absolute atomic E-state index is 10.6. The Morgan fingerprint density at radius 3 is 2.79 bits per heavy atom. The lowest BCUT2D eigenvalue weighted by atomic mass is 9.84. The van der Waals surface area contributed by atoms with Gasteiger partial charge in [-0.1, -0.05) is 31.5 Å². The molecule has 0 radical (unpaired) electrons. The van der Waals surface area contributed by atoms with Crippen LogP contribution in [0.3, 0.4) is 0 Å². The van der Waals surface area contributed by atoms with Gasteiger partial charge >= 0.3 is 0 Å². The average Bonchev–Trinajstić information content (AvgIpc) is 2.40. The van der Waals surface area contributed by atoms with E-state index < -0.39 is 6.10 Å². The van der Waals surface area contributed by atoms with Crippen LogP contribution in [-0.4, -0.2) is 35.7 Å². The van der Waals surface area contributed by atoms with Gasteiger partial charge in [0.25, 0.3) is 0 Å². The molecule has 0 amide bonds. The number of rotatable bonds is 4. The predicted octanol–water partition coefficient (Wildman–Crippen LogP) is 2.60. The van der Waals surface area contributed by atoms with Crippen LogP contribution in [0.2, 0.25) is 0 Å². The molecule has 104 valence electrons. The van der Waals surface area contributed by atoms with Crippen LogP contribution < -0.4 is 4.74 Å². The summed E-state index contributed by atoms with van der Waals surface area (Å²) in [6, 6.07) is 7.94. The number of fused-ring (bicyclic) bond motifs is 1. The van der Waals surface area contributed by atoms with E-state index in [1.54, 1.807) is 0 Å². The zero-order chi connectivity index (χ0) is 13.2. The zero-order valence-electron chi connectivity index (χ0n) is 11.6. The largest absolute Gasteiger partial charge is 0.491 e. The first kappa shape index (κ1) is 12.9. The van der Waals surface area contributed by atoms with E-state index in [4.69, 9.17) is 4.74 Å². The lowest BCUT2D eigenvalue weighted by Crippen LogP contribution is -2.48. The summed E-state index contributed by atoms with van der Waals surface area (Å²) >= 11 is 0. The van der Waals surface area contributed by atoms with Gasteiger partial charge in [-0.25, -0.2) is 0 Å². The molecule has 19 heavy (non-hydrogen) atoms. The third-order valence-corrected chi connectivity index (χ3v) is 4.60. The Hall–Kier alpha value is -1.06. The lowest BCUT2D eigenvalue weighted by molar-refractivity contribution is -0.00624. The van der Waals surface area contributed by atoms with Gasteiger partial charge in [0.2, 0.25) is 0 Å². The van der Waals surface area contributed by atoms with E-state index in [-0.39, 0.29) is 6.04 Å². The molecule has 1 N–H and O–H groups in total. The molecule has 2 unspecified atom stereocenters. The molecule has 1 aromatic rings. The Morgan fingerprint density at radius 1 is 1.32 bits per heavy atom. The van der Waals surface area contributed by atoms with Crippen LogP contribution >= 0.6 is 0 Å². The van der Waals surface area contributed by atoms with Crippen molar-refractivity contribution in [1.82, 2.24) is 4.90 Å². The Labute approximate surface area is 115 Å². The Kier molecular flexibility index (Phi) is 3.76. The summed E-state index contributed by atoms with van der Waals surface area (Å²) < 4.78 is 5.82. The summed E-state index contributed by atoms with van der Waals surface area (Å²) in [5.74, 6) is 1.66. The quantitative estimate of drug-likeness (QED) is 0.904. The van der Waals surface area contributed by atoms with Crippen LogP contribution in [0.15, 0.2) is 24.3 Å². The topological polar surface area (TPSA) is 32.7 Å². The van der Waals surface area contributed by atoms with Gasteiger partial charge in [0.1, 0.15) is 18.5 Å². The number of nitrogens with zero attached hydrogens (tertiary/aromatic N) is 1. The van der Waals surface area contributed by atoms with Gasteiger partial charge in [-0.3, -0.25) is 4.90 Å². The van der Waals surface area contributed by atoms with Gasteiger partial charge in [-0.05, 0) is 31.4 Å². The number of aliphatic hydroxyl groups excluding tert-OH is 1. The molecule has 1 aliphatic heterocycles. The van der Waals surface area contributed by atoms with Crippen molar-refractivity contribution in [3.05, 3.63) is 29.8 Å². The van der Waals surface area contributed by atoms with Gasteiger partial charge in [-0.2, -0.15) is 0 Å². The average molecular weight is 261 g/mol. The van der Waals surface area contributed by atoms with Crippen LogP contribution in [0.5, 0.6) is 5.75 Å². The van der Waals surface area contributed by atoms with Crippen LogP contribution in [-0.2, 0) is 0 Å². The molecule has 1 heterocycles. The summed E-state index contributed by atoms with van der Waals surface area (Å²) in [6.45, 7) is 4.85. The Morgan fingerprint density at radius 2 is 2.11 bits per heavy atom. The van der Waals surface area contributed by atoms with E-state index >= 15 is 0 Å². The Balaban J connectivity index is 1.74. The van der Waals surface area contributed by atoms with Crippen molar-refractivity contribution in [2.24, 2.45) is 5.92 Å². The van der Waals surface area contributed by atoms with E-state index in [2.05, 4.69) is 11.8 Å². The minimum atomic E-state index is -0.426. The number of para-hydroxylation sites is 1. The minimum absolute atomic E-state index is 0.0977. The highest BCUT2D eigenvalue weighted by molar-refractivity contribution is 5.37. The molecule has 3 heteroatoms. The lowest BCUT2D eigenvalue weighted by Gasteiger charge is -2.41. The molecule has 2 aliphatic rings. The van der Waals surface area contributed by atoms with Crippen LogP contribution in [0.4, 0.5) is 0 Å². The van der Waals surface area contributed by atoms with Crippen molar-refractivity contribution in [1.29, 1.82) is 0 Å². The Bertz CT molecular complexity index is 431. The summed E-state index contributed by atoms with van der Waals surface area (Å²) in [7, 11) is 0. The molecular formula is C16H23NO2. The second-order valence-electron chi connectivity index (χ2n) is 5.75. The number of ether oxygens (including phenoxy) is 1. The first-order chi connectivity index (χ1) is 9.29. The molecule has 1 saturated carbocycles. The molecule has 0 aromatic heterocycles. The number of hydrogen-bond acceptors (Lipinski definition) is 3. The van der Waals surface area contributed by atoms with E-state index in [1.807, 2.05) is 24.3 Å². The number of aliphatic hydroxyl groups is 1. The molecule has 1 aliphatic carbocycles. The van der Waals surface area contributed by atoms with Crippen molar-refractivity contribution < 1.29 is 9.84 Å². The molecule has 3 nitrogen and oxygen atoms in total. The van der Waals surface area contributed by atoms with E-state index in [0.29, 0.717) is 6.61 Å². The normalized spacial score (nSPS) is 26.7. The molecule has 2 atom stereocenters. The zero-order valence-corrected chi connectivity index (χ0v) is 11.6. The molecule has 1 aromatic carbocycles. The second kappa shape index (κ2) is 5.51. The number of likely N-dealkylation sites (N-methyl/N-ethyl adjacent to an activating group) is 1. The third kappa shape index (κ3) is 2.49. The van der Waals surface area contributed by atoms with Gasteiger partial charge in [0, 0.05) is 12.1 Å². The van der Waals surface area contributed by atoms with Crippen molar-refractivity contribution in [3.63, 3.8) is 0 Å². The fourth-order valence-electron chi connectivity index (χ4n) is 3.14. The summed E-state index contributed by atoms with van der Waals surface area (Å²) in [4.78, 5) is 2.39. The predicted molar refractivity (Wildman–Crippen MR) is 75.3 cm³/mol. The highest BCUT2D eigenvalue weighted by Gasteiger charge is 2.34. The maximum Gasteiger partial charge on any atom is 0.125 e. The van der Waals surface area contributed by atoms with Crippen molar-refractivity contribution in [2.75, 3.05) is 19.7 Å². The highest BCUT2D eigenvalue weighted by atomic mass is 16.5. The summed E-state index contributed by atoms with van der Waals surface area (Å²) in [5, 5.41) is 10.6. The molecule has 0 spiro atoms. The van der Waals surface area contributed by atoms with Gasteiger partial charge in [-0.15, -0.1) is 0 Å². The van der Waals surface area contributed by atoms with Crippen molar-refractivity contribution in [2.45, 2.75) is 38.3 Å². The SMILES string of the molecule is CCN(CC1CCC1)C1COc2ccccc2C1O. The second-order valence-corrected chi connectivity index (χ2v) is 5.75. The molecule has 0 saturated heterocycles. The van der Waals surface area contributed by atoms with Crippen molar-refractivity contribution in [3.8, 4) is 5.75 Å². The highest BCUT2D eigenvalue weighted by Crippen LogP contribution is 2.35. The van der Waals surface area contributed by atoms with Crippen LogP contribution in [0.1, 0.15) is 37.9 Å². The van der Waals surface area contributed by atoms with Crippen LogP contribution in [0.25, 0.3) is 0 Å². The molecular weight excluding hydrogens is 238 g/mol. The summed E-state index contributed by atoms with van der Waals surface area (Å²) in [6.07, 6.45) is 3.63. The smallest absolute Gasteiger partial charge is 0.125 e. The molecule has 3 rings (SSSR count). The standard InChI is InChI=1S/C16H23NO2/c1-2-17(10-12-6-5-7-12)14-11-19-15-9-4-3-8-13(15)16(14)18/h3-4,8-9,12,14,16,18H,2,5-7,10-11H2,1H3. The van der Waals surface area contributed by atoms with Gasteiger partial charge in [0.15, 0.2) is 0 Å². The van der Waals surface area contributed by atoms with E-state index in [1.165, 1.54) is 19.3 Å². The van der Waals surface area contributed by atoms with E-state index in [9.17, 15) is 5.11 Å². The maximum atomic E-state index is 10.6. The number of benzene rings is 1. The van der Waals surface area contributed by atoms with E-state index in [0.717, 1.165) is 30.3 Å². The first-order valence-corrected chi connectivity index (χ1v) is 7.43. The minimum Gasteiger partial charge on any atom is -0.491 e. The number of hydrogen-bond donors (Lipinski definition) is 1. The third-order valence-electron chi connectivity index (χ3n) is 4.60. The first-order valence-electron chi connectivity index (χ1n) is 7.43. The molecule has 0 bridgehead atoms. The fourth-order valence-corrected chi connectivity index (χ4v) is 3.14. The monoisotopic (exact) mass is 261 g/mol.